The number of nitrogens with one attached hydrogen (secondary N) is 1. The van der Waals surface area contributed by atoms with Crippen LogP contribution in [0.2, 0.25) is 0 Å². The van der Waals surface area contributed by atoms with E-state index in [9.17, 15) is 4.79 Å². The van der Waals surface area contributed by atoms with Gasteiger partial charge in [-0.15, -0.1) is 0 Å². The molecule has 0 heterocycles. The van der Waals surface area contributed by atoms with Gasteiger partial charge in [0.1, 0.15) is 5.75 Å². The van der Waals surface area contributed by atoms with Gasteiger partial charge in [0.25, 0.3) is 0 Å². The first-order valence-electron chi connectivity index (χ1n) is 8.67. The van der Waals surface area contributed by atoms with E-state index >= 15 is 0 Å². The average molecular weight is 399 g/mol. The van der Waals surface area contributed by atoms with E-state index in [0.717, 1.165) is 36.0 Å². The first-order chi connectivity index (χ1) is 11.3. The van der Waals surface area contributed by atoms with Crippen molar-refractivity contribution in [3.63, 3.8) is 0 Å². The van der Waals surface area contributed by atoms with Gasteiger partial charge in [-0.1, -0.05) is 40.2 Å². The van der Waals surface area contributed by atoms with Gasteiger partial charge in [-0.3, -0.25) is 0 Å². The number of carbonyl (C=O) groups excluding carboxylic acids is 1. The van der Waals surface area contributed by atoms with Crippen LogP contribution in [-0.2, 0) is 5.41 Å². The molecule has 0 fully saturated rings. The van der Waals surface area contributed by atoms with Crippen LogP contribution in [0.1, 0.15) is 52.5 Å². The molecular weight excluding hydrogens is 368 g/mol. The van der Waals surface area contributed by atoms with Crippen molar-refractivity contribution in [1.82, 2.24) is 10.2 Å². The number of hydrogen-bond donors (Lipinski definition) is 1. The van der Waals surface area contributed by atoms with Gasteiger partial charge in [0, 0.05) is 20.1 Å². The second-order valence-corrected chi connectivity index (χ2v) is 7.96. The molecule has 1 rings (SSSR count). The lowest BCUT2D eigenvalue weighted by molar-refractivity contribution is 0.207. The molecular formula is C19H31BrN2O2. The minimum absolute atomic E-state index is 0.0147. The Morgan fingerprint density at radius 3 is 2.58 bits per heavy atom. The molecule has 0 radical (unpaired) electrons. The number of ether oxygens (including phenoxy) is 1. The number of nitrogens with zero attached hydrogens (tertiary/aromatic N) is 1. The van der Waals surface area contributed by atoms with Crippen molar-refractivity contribution in [2.45, 2.75) is 52.4 Å². The van der Waals surface area contributed by atoms with E-state index in [1.54, 1.807) is 4.90 Å². The highest BCUT2D eigenvalue weighted by Crippen LogP contribution is 2.31. The molecule has 2 amide bonds. The fraction of sp³-hybridized carbons (Fsp3) is 0.632. The van der Waals surface area contributed by atoms with Gasteiger partial charge in [0.15, 0.2) is 0 Å². The predicted molar refractivity (Wildman–Crippen MR) is 104 cm³/mol. The average Bonchev–Trinajstić information content (AvgIpc) is 2.52. The van der Waals surface area contributed by atoms with Gasteiger partial charge in [-0.05, 0) is 51.9 Å². The summed E-state index contributed by atoms with van der Waals surface area (Å²) in [6.07, 6.45) is 2.90. The zero-order chi connectivity index (χ0) is 18.2. The third kappa shape index (κ3) is 7.12. The summed E-state index contributed by atoms with van der Waals surface area (Å²) in [6, 6.07) is 6.20. The molecule has 4 nitrogen and oxygen atoms in total. The lowest BCUT2D eigenvalue weighted by Gasteiger charge is -2.20. The number of amides is 2. The summed E-state index contributed by atoms with van der Waals surface area (Å²) in [4.78, 5) is 13.6. The first-order valence-corrected chi connectivity index (χ1v) is 9.46. The highest BCUT2D eigenvalue weighted by atomic mass is 79.9. The van der Waals surface area contributed by atoms with Gasteiger partial charge in [-0.25, -0.2) is 4.79 Å². The van der Waals surface area contributed by atoms with Crippen LogP contribution in [0.3, 0.4) is 0 Å². The van der Waals surface area contributed by atoms with E-state index in [0.29, 0.717) is 13.2 Å². The minimum Gasteiger partial charge on any atom is -0.492 e. The molecule has 5 heteroatoms. The Hall–Kier alpha value is -1.23. The van der Waals surface area contributed by atoms with Crippen LogP contribution < -0.4 is 10.1 Å². The zero-order valence-electron chi connectivity index (χ0n) is 15.6. The summed E-state index contributed by atoms with van der Waals surface area (Å²) in [7, 11) is 1.83. The summed E-state index contributed by atoms with van der Waals surface area (Å²) < 4.78 is 6.77. The Kier molecular flexibility index (Phi) is 8.60. The molecule has 24 heavy (non-hydrogen) atoms. The Morgan fingerprint density at radius 2 is 2.00 bits per heavy atom. The van der Waals surface area contributed by atoms with E-state index in [1.165, 1.54) is 5.56 Å². The number of urea groups is 1. The fourth-order valence-electron chi connectivity index (χ4n) is 2.17. The largest absolute Gasteiger partial charge is 0.492 e. The van der Waals surface area contributed by atoms with E-state index in [1.807, 2.05) is 13.1 Å². The van der Waals surface area contributed by atoms with E-state index in [2.05, 4.69) is 61.1 Å². The summed E-state index contributed by atoms with van der Waals surface area (Å²) >= 11 is 3.57. The Morgan fingerprint density at radius 1 is 1.29 bits per heavy atom. The summed E-state index contributed by atoms with van der Waals surface area (Å²) in [5, 5.41) is 2.92. The van der Waals surface area contributed by atoms with Crippen molar-refractivity contribution < 1.29 is 9.53 Å². The van der Waals surface area contributed by atoms with Crippen LogP contribution in [-0.4, -0.2) is 37.7 Å². The Balaban J connectivity index is 2.32. The summed E-state index contributed by atoms with van der Waals surface area (Å²) in [6.45, 7) is 10.7. The maximum absolute atomic E-state index is 11.8. The van der Waals surface area contributed by atoms with Crippen LogP contribution in [0.4, 0.5) is 4.79 Å². The maximum atomic E-state index is 11.8. The van der Waals surface area contributed by atoms with E-state index < -0.39 is 0 Å². The van der Waals surface area contributed by atoms with Gasteiger partial charge in [0.2, 0.25) is 0 Å². The molecule has 0 saturated heterocycles. The normalized spacial score (nSPS) is 11.2. The Bertz CT molecular complexity index is 527. The van der Waals surface area contributed by atoms with Crippen molar-refractivity contribution in [3.05, 3.63) is 28.2 Å². The smallest absolute Gasteiger partial charge is 0.317 e. The molecule has 0 spiro atoms. The molecule has 0 saturated carbocycles. The fourth-order valence-corrected chi connectivity index (χ4v) is 2.66. The second-order valence-electron chi connectivity index (χ2n) is 7.10. The number of unbranched alkanes of at least 4 members (excludes halogenated alkanes) is 1. The van der Waals surface area contributed by atoms with Gasteiger partial charge >= 0.3 is 6.03 Å². The summed E-state index contributed by atoms with van der Waals surface area (Å²) in [5.41, 5.74) is 1.39. The number of carbonyl (C=O) groups is 1. The number of rotatable bonds is 8. The highest BCUT2D eigenvalue weighted by molar-refractivity contribution is 9.10. The number of hydrogen-bond acceptors (Lipinski definition) is 2. The van der Waals surface area contributed by atoms with Crippen molar-refractivity contribution in [3.8, 4) is 5.75 Å². The minimum atomic E-state index is -0.0147. The zero-order valence-corrected chi connectivity index (χ0v) is 17.2. The van der Waals surface area contributed by atoms with Crippen LogP contribution in [0.25, 0.3) is 0 Å². The quantitative estimate of drug-likeness (QED) is 0.628. The Labute approximate surface area is 155 Å². The van der Waals surface area contributed by atoms with Crippen molar-refractivity contribution in [2.75, 3.05) is 26.7 Å². The SMILES string of the molecule is CCCCN(C)C(=O)NCCCOc1ccc(C(C)(C)C)cc1Br. The van der Waals surface area contributed by atoms with Gasteiger partial charge < -0.3 is 15.0 Å². The van der Waals surface area contributed by atoms with E-state index in [-0.39, 0.29) is 11.4 Å². The molecule has 0 aromatic heterocycles. The van der Waals surface area contributed by atoms with Crippen LogP contribution in [0.15, 0.2) is 22.7 Å². The van der Waals surface area contributed by atoms with Crippen molar-refractivity contribution in [2.24, 2.45) is 0 Å². The van der Waals surface area contributed by atoms with Crippen molar-refractivity contribution >= 4 is 22.0 Å². The van der Waals surface area contributed by atoms with Crippen LogP contribution >= 0.6 is 15.9 Å². The lowest BCUT2D eigenvalue weighted by atomic mass is 9.87. The molecule has 1 aromatic rings. The third-order valence-corrected chi connectivity index (χ3v) is 4.47. The first kappa shape index (κ1) is 20.8. The van der Waals surface area contributed by atoms with Crippen LogP contribution in [0, 0.1) is 0 Å². The second kappa shape index (κ2) is 9.92. The maximum Gasteiger partial charge on any atom is 0.317 e. The number of halogens is 1. The topological polar surface area (TPSA) is 41.6 Å². The van der Waals surface area contributed by atoms with E-state index in [4.69, 9.17) is 4.74 Å². The molecule has 136 valence electrons. The standard InChI is InChI=1S/C19H31BrN2O2/c1-6-7-12-22(5)18(23)21-11-8-13-24-17-10-9-15(14-16(17)20)19(2,3)4/h9-10,14H,6-8,11-13H2,1-5H3,(H,21,23). The molecule has 0 aliphatic heterocycles. The molecule has 1 N–H and O–H groups in total. The van der Waals surface area contributed by atoms with Gasteiger partial charge in [0.05, 0.1) is 11.1 Å². The predicted octanol–water partition coefficient (Wildman–Crippen LogP) is 4.96. The monoisotopic (exact) mass is 398 g/mol. The number of benzene rings is 1. The molecule has 1 aromatic carbocycles. The molecule has 0 atom stereocenters. The lowest BCUT2D eigenvalue weighted by Crippen LogP contribution is -2.38. The van der Waals surface area contributed by atoms with Crippen LogP contribution in [0.5, 0.6) is 5.75 Å². The molecule has 0 bridgehead atoms. The third-order valence-electron chi connectivity index (χ3n) is 3.85. The summed E-state index contributed by atoms with van der Waals surface area (Å²) in [5.74, 6) is 0.842. The molecule has 0 unspecified atom stereocenters. The highest BCUT2D eigenvalue weighted by Gasteiger charge is 2.15. The molecule has 0 aliphatic rings. The van der Waals surface area contributed by atoms with Crippen molar-refractivity contribution in [1.29, 1.82) is 0 Å². The van der Waals surface area contributed by atoms with Gasteiger partial charge in [-0.2, -0.15) is 0 Å². The molecule has 0 aliphatic carbocycles.